The number of amides is 1. The first kappa shape index (κ1) is 16.4. The number of aryl methyl sites for hydroxylation is 2. The van der Waals surface area contributed by atoms with Gasteiger partial charge >= 0.3 is 0 Å². The molecular formula is C18H16N4O3. The van der Waals surface area contributed by atoms with E-state index in [1.165, 1.54) is 0 Å². The summed E-state index contributed by atoms with van der Waals surface area (Å²) in [5.74, 6) is -0.775. The molecule has 0 atom stereocenters. The largest absolute Gasteiger partial charge is 0.505 e. The van der Waals surface area contributed by atoms with Crippen LogP contribution in [0.5, 0.6) is 5.75 Å². The predicted molar refractivity (Wildman–Crippen MR) is 93.2 cm³/mol. The molecule has 25 heavy (non-hydrogen) atoms. The Kier molecular flexibility index (Phi) is 4.30. The van der Waals surface area contributed by atoms with Gasteiger partial charge in [0.05, 0.1) is 5.69 Å². The summed E-state index contributed by atoms with van der Waals surface area (Å²) in [6.45, 7) is 3.68. The fourth-order valence-corrected chi connectivity index (χ4v) is 2.34. The number of hydrogen-bond donors (Lipinski definition) is 2. The normalized spacial score (nSPS) is 10.5. The molecule has 0 aliphatic rings. The third-order valence-corrected chi connectivity index (χ3v) is 3.61. The zero-order valence-electron chi connectivity index (χ0n) is 13.7. The fraction of sp³-hybridized carbons (Fsp3) is 0.111. The van der Waals surface area contributed by atoms with Crippen molar-refractivity contribution in [1.82, 2.24) is 14.8 Å². The highest BCUT2D eigenvalue weighted by Gasteiger charge is 2.18. The molecule has 126 valence electrons. The lowest BCUT2D eigenvalue weighted by Crippen LogP contribution is -2.25. The van der Waals surface area contributed by atoms with E-state index >= 15 is 0 Å². The van der Waals surface area contributed by atoms with Gasteiger partial charge in [-0.2, -0.15) is 9.78 Å². The summed E-state index contributed by atoms with van der Waals surface area (Å²) in [4.78, 5) is 28.7. The Hall–Kier alpha value is -3.48. The zero-order valence-corrected chi connectivity index (χ0v) is 13.7. The zero-order chi connectivity index (χ0) is 18.0. The maximum atomic E-state index is 12.5. The highest BCUT2D eigenvalue weighted by Crippen LogP contribution is 2.16. The van der Waals surface area contributed by atoms with Gasteiger partial charge in [0.1, 0.15) is 5.82 Å². The first-order chi connectivity index (χ1) is 12.0. The lowest BCUT2D eigenvalue weighted by molar-refractivity contribution is 0.101. The lowest BCUT2D eigenvalue weighted by atomic mass is 10.2. The third-order valence-electron chi connectivity index (χ3n) is 3.61. The molecule has 7 heteroatoms. The Labute approximate surface area is 143 Å². The molecule has 0 fully saturated rings. The number of hydrogen-bond acceptors (Lipinski definition) is 5. The average Bonchev–Trinajstić information content (AvgIpc) is 2.57. The van der Waals surface area contributed by atoms with Gasteiger partial charge in [-0.15, -0.1) is 0 Å². The molecule has 0 saturated carbocycles. The van der Waals surface area contributed by atoms with E-state index < -0.39 is 17.2 Å². The Bertz CT molecular complexity index is 1010. The molecule has 0 bridgehead atoms. The standard InChI is InChI=1S/C18H16N4O3/c1-11-5-3-7-13(9-11)22-15(24)10-14(23)16(21-22)18(25)20-17-12(2)6-4-8-19-17/h3-10,23H,1-2H3,(H,19,20,25). The third kappa shape index (κ3) is 3.40. The summed E-state index contributed by atoms with van der Waals surface area (Å²) in [5.41, 5.74) is 1.42. The van der Waals surface area contributed by atoms with Crippen LogP contribution >= 0.6 is 0 Å². The van der Waals surface area contributed by atoms with Crippen LogP contribution in [0.25, 0.3) is 5.69 Å². The molecule has 0 spiro atoms. The Morgan fingerprint density at radius 3 is 2.68 bits per heavy atom. The van der Waals surface area contributed by atoms with E-state index in [1.54, 1.807) is 43.5 Å². The van der Waals surface area contributed by atoms with Gasteiger partial charge < -0.3 is 10.4 Å². The first-order valence-electron chi connectivity index (χ1n) is 7.59. The van der Waals surface area contributed by atoms with E-state index in [-0.39, 0.29) is 5.69 Å². The molecular weight excluding hydrogens is 320 g/mol. The molecule has 0 saturated heterocycles. The Morgan fingerprint density at radius 1 is 1.16 bits per heavy atom. The van der Waals surface area contributed by atoms with Crippen LogP contribution in [0.15, 0.2) is 53.5 Å². The monoisotopic (exact) mass is 336 g/mol. The molecule has 1 amide bonds. The van der Waals surface area contributed by atoms with Crippen LogP contribution in [0.3, 0.4) is 0 Å². The van der Waals surface area contributed by atoms with Crippen molar-refractivity contribution in [3.05, 3.63) is 75.8 Å². The lowest BCUT2D eigenvalue weighted by Gasteiger charge is -2.10. The van der Waals surface area contributed by atoms with Gasteiger partial charge in [-0.25, -0.2) is 4.98 Å². The van der Waals surface area contributed by atoms with E-state index in [0.29, 0.717) is 11.5 Å². The highest BCUT2D eigenvalue weighted by molar-refractivity contribution is 6.04. The minimum absolute atomic E-state index is 0.258. The molecule has 0 aliphatic heterocycles. The summed E-state index contributed by atoms with van der Waals surface area (Å²) >= 11 is 0. The highest BCUT2D eigenvalue weighted by atomic mass is 16.3. The first-order valence-corrected chi connectivity index (χ1v) is 7.59. The summed E-state index contributed by atoms with van der Waals surface area (Å²) in [6, 6.07) is 11.6. The van der Waals surface area contributed by atoms with Gasteiger partial charge in [-0.05, 0) is 43.2 Å². The van der Waals surface area contributed by atoms with E-state index in [0.717, 1.165) is 21.9 Å². The minimum atomic E-state index is -0.652. The van der Waals surface area contributed by atoms with Crippen molar-refractivity contribution in [2.75, 3.05) is 5.32 Å². The van der Waals surface area contributed by atoms with Crippen LogP contribution in [0, 0.1) is 13.8 Å². The number of benzene rings is 1. The van der Waals surface area contributed by atoms with Crippen molar-refractivity contribution < 1.29 is 9.90 Å². The number of aromatic hydroxyl groups is 1. The fourth-order valence-electron chi connectivity index (χ4n) is 2.34. The molecule has 0 aliphatic carbocycles. The average molecular weight is 336 g/mol. The van der Waals surface area contributed by atoms with Crippen molar-refractivity contribution in [2.24, 2.45) is 0 Å². The summed E-state index contributed by atoms with van der Waals surface area (Å²) in [5, 5.41) is 16.6. The molecule has 2 heterocycles. The van der Waals surface area contributed by atoms with Gasteiger partial charge in [0.15, 0.2) is 11.4 Å². The van der Waals surface area contributed by atoms with Gasteiger partial charge in [0, 0.05) is 12.3 Å². The number of nitrogens with one attached hydrogen (secondary N) is 1. The number of anilines is 1. The quantitative estimate of drug-likeness (QED) is 0.764. The van der Waals surface area contributed by atoms with Gasteiger partial charge in [-0.1, -0.05) is 18.2 Å². The number of carbonyl (C=O) groups is 1. The number of carbonyl (C=O) groups excluding carboxylic acids is 1. The van der Waals surface area contributed by atoms with Crippen molar-refractivity contribution >= 4 is 11.7 Å². The maximum Gasteiger partial charge on any atom is 0.281 e. The van der Waals surface area contributed by atoms with Crippen molar-refractivity contribution in [3.8, 4) is 11.4 Å². The number of pyridine rings is 1. The number of rotatable bonds is 3. The van der Waals surface area contributed by atoms with Gasteiger partial charge in [0.25, 0.3) is 11.5 Å². The van der Waals surface area contributed by atoms with Crippen LogP contribution in [-0.4, -0.2) is 25.8 Å². The maximum absolute atomic E-state index is 12.5. The second-order valence-corrected chi connectivity index (χ2v) is 5.59. The number of nitrogens with zero attached hydrogens (tertiary/aromatic N) is 3. The molecule has 2 N–H and O–H groups in total. The van der Waals surface area contributed by atoms with Crippen LogP contribution in [0.2, 0.25) is 0 Å². The number of aromatic nitrogens is 3. The predicted octanol–water partition coefficient (Wildman–Crippen LogP) is 2.20. The van der Waals surface area contributed by atoms with E-state index in [1.807, 2.05) is 13.0 Å². The molecule has 0 radical (unpaired) electrons. The molecule has 2 aromatic heterocycles. The summed E-state index contributed by atoms with van der Waals surface area (Å²) < 4.78 is 1.08. The second kappa shape index (κ2) is 6.56. The topological polar surface area (TPSA) is 97.1 Å². The van der Waals surface area contributed by atoms with Crippen molar-refractivity contribution in [2.45, 2.75) is 13.8 Å². The van der Waals surface area contributed by atoms with E-state index in [4.69, 9.17) is 0 Å². The molecule has 7 nitrogen and oxygen atoms in total. The van der Waals surface area contributed by atoms with E-state index in [9.17, 15) is 14.7 Å². The SMILES string of the molecule is Cc1cccc(-n2nc(C(=O)Nc3ncccc3C)c(O)cc2=O)c1. The molecule has 3 rings (SSSR count). The molecule has 3 aromatic rings. The summed E-state index contributed by atoms with van der Waals surface area (Å²) in [7, 11) is 0. The van der Waals surface area contributed by atoms with Crippen molar-refractivity contribution in [3.63, 3.8) is 0 Å². The smallest absolute Gasteiger partial charge is 0.281 e. The second-order valence-electron chi connectivity index (χ2n) is 5.59. The van der Waals surface area contributed by atoms with Gasteiger partial charge in [0.2, 0.25) is 0 Å². The van der Waals surface area contributed by atoms with Gasteiger partial charge in [-0.3, -0.25) is 9.59 Å². The molecule has 0 unspecified atom stereocenters. The minimum Gasteiger partial charge on any atom is -0.505 e. The van der Waals surface area contributed by atoms with Crippen LogP contribution in [0.4, 0.5) is 5.82 Å². The van der Waals surface area contributed by atoms with Crippen molar-refractivity contribution in [1.29, 1.82) is 0 Å². The van der Waals surface area contributed by atoms with Crippen LogP contribution in [-0.2, 0) is 0 Å². The molecule has 1 aromatic carbocycles. The van der Waals surface area contributed by atoms with Crippen LogP contribution < -0.4 is 10.9 Å². The van der Waals surface area contributed by atoms with Crippen LogP contribution in [0.1, 0.15) is 21.6 Å². The van der Waals surface area contributed by atoms with E-state index in [2.05, 4.69) is 15.4 Å². The summed E-state index contributed by atoms with van der Waals surface area (Å²) in [6.07, 6.45) is 1.55. The Morgan fingerprint density at radius 2 is 1.96 bits per heavy atom. The Balaban J connectivity index is 2.02.